The number of carbonyl (C=O) groups excluding carboxylic acids is 1. The summed E-state index contributed by atoms with van der Waals surface area (Å²) in [4.78, 5) is 30.7. The molecule has 0 aliphatic carbocycles. The van der Waals surface area contributed by atoms with Gasteiger partial charge in [-0.3, -0.25) is 19.3 Å². The zero-order chi connectivity index (χ0) is 23.7. The Morgan fingerprint density at radius 2 is 1.79 bits per heavy atom. The van der Waals surface area contributed by atoms with Gasteiger partial charge in [0.1, 0.15) is 5.39 Å². The first-order chi connectivity index (χ1) is 16.5. The number of aromatic nitrogens is 4. The van der Waals surface area contributed by atoms with E-state index in [0.29, 0.717) is 27.8 Å². The van der Waals surface area contributed by atoms with Gasteiger partial charge in [0, 0.05) is 11.1 Å². The third kappa shape index (κ3) is 4.20. The summed E-state index contributed by atoms with van der Waals surface area (Å²) in [5.74, 6) is 0.350. The lowest BCUT2D eigenvalue weighted by molar-refractivity contribution is -0.113. The SMILES string of the molecule is CC(C)c1ccc(NC(=O)CSc2nc3[nH]ncc3c(=O)n2-c2cccc3ccccc23)cc1. The van der Waals surface area contributed by atoms with Gasteiger partial charge in [0.15, 0.2) is 10.8 Å². The number of carbonyl (C=O) groups is 1. The fourth-order valence-corrected chi connectivity index (χ4v) is 4.66. The van der Waals surface area contributed by atoms with E-state index in [4.69, 9.17) is 0 Å². The molecule has 0 radical (unpaired) electrons. The van der Waals surface area contributed by atoms with E-state index in [2.05, 4.69) is 34.3 Å². The largest absolute Gasteiger partial charge is 0.325 e. The third-order valence-electron chi connectivity index (χ3n) is 5.65. The second-order valence-corrected chi connectivity index (χ2v) is 9.22. The van der Waals surface area contributed by atoms with E-state index in [1.165, 1.54) is 23.5 Å². The minimum atomic E-state index is -0.234. The number of anilines is 1. The summed E-state index contributed by atoms with van der Waals surface area (Å²) >= 11 is 1.21. The lowest BCUT2D eigenvalue weighted by Crippen LogP contribution is -2.22. The zero-order valence-corrected chi connectivity index (χ0v) is 19.6. The standard InChI is InChI=1S/C26H23N5O2S/c1-16(2)17-10-12-19(13-11-17)28-23(32)15-34-26-29-24-21(14-27-30-24)25(33)31(26)22-9-5-7-18-6-3-4-8-20(18)22/h3-14,16H,15H2,1-2H3,(H,27,30)(H,28,32). The van der Waals surface area contributed by atoms with Crippen LogP contribution in [0.25, 0.3) is 27.5 Å². The highest BCUT2D eigenvalue weighted by Crippen LogP contribution is 2.26. The quantitative estimate of drug-likeness (QED) is 0.266. The third-order valence-corrected chi connectivity index (χ3v) is 6.59. The minimum Gasteiger partial charge on any atom is -0.325 e. The first kappa shape index (κ1) is 21.9. The van der Waals surface area contributed by atoms with Gasteiger partial charge in [0.25, 0.3) is 5.56 Å². The molecule has 2 aromatic heterocycles. The summed E-state index contributed by atoms with van der Waals surface area (Å²) in [5, 5.41) is 12.4. The fraction of sp³-hybridized carbons (Fsp3) is 0.154. The number of H-pyrrole nitrogens is 1. The van der Waals surface area contributed by atoms with Crippen LogP contribution in [0.3, 0.4) is 0 Å². The molecule has 3 aromatic carbocycles. The molecule has 1 amide bonds. The van der Waals surface area contributed by atoms with Crippen LogP contribution in [0.4, 0.5) is 5.69 Å². The zero-order valence-electron chi connectivity index (χ0n) is 18.8. The molecule has 2 heterocycles. The lowest BCUT2D eigenvalue weighted by atomic mass is 10.0. The molecule has 5 rings (SSSR count). The van der Waals surface area contributed by atoms with Crippen LogP contribution in [0.2, 0.25) is 0 Å². The summed E-state index contributed by atoms with van der Waals surface area (Å²) in [6.07, 6.45) is 1.48. The number of hydrogen-bond acceptors (Lipinski definition) is 5. The van der Waals surface area contributed by atoms with Crippen LogP contribution in [-0.4, -0.2) is 31.4 Å². The van der Waals surface area contributed by atoms with E-state index in [0.717, 1.165) is 16.5 Å². The van der Waals surface area contributed by atoms with Crippen molar-refractivity contribution in [2.45, 2.75) is 24.9 Å². The molecule has 0 aliphatic heterocycles. The Balaban J connectivity index is 1.47. The maximum atomic E-state index is 13.4. The van der Waals surface area contributed by atoms with Crippen molar-refractivity contribution >= 4 is 45.2 Å². The first-order valence-corrected chi connectivity index (χ1v) is 12.0. The summed E-state index contributed by atoms with van der Waals surface area (Å²) < 4.78 is 1.57. The van der Waals surface area contributed by atoms with Crippen molar-refractivity contribution in [3.8, 4) is 5.69 Å². The van der Waals surface area contributed by atoms with E-state index < -0.39 is 0 Å². The van der Waals surface area contributed by atoms with Crippen LogP contribution in [0.5, 0.6) is 0 Å². The van der Waals surface area contributed by atoms with Gasteiger partial charge in [0.05, 0.1) is 17.6 Å². The summed E-state index contributed by atoms with van der Waals surface area (Å²) in [7, 11) is 0. The second-order valence-electron chi connectivity index (χ2n) is 8.28. The van der Waals surface area contributed by atoms with Crippen molar-refractivity contribution in [3.63, 3.8) is 0 Å². The van der Waals surface area contributed by atoms with Gasteiger partial charge in [-0.2, -0.15) is 5.10 Å². The van der Waals surface area contributed by atoms with Crippen molar-refractivity contribution < 1.29 is 4.79 Å². The van der Waals surface area contributed by atoms with Gasteiger partial charge in [-0.1, -0.05) is 74.1 Å². The highest BCUT2D eigenvalue weighted by Gasteiger charge is 2.17. The second kappa shape index (κ2) is 9.15. The molecule has 0 unspecified atom stereocenters. The molecular weight excluding hydrogens is 446 g/mol. The number of nitrogens with one attached hydrogen (secondary N) is 2. The van der Waals surface area contributed by atoms with Crippen molar-refractivity contribution in [1.82, 2.24) is 19.7 Å². The Morgan fingerprint density at radius 3 is 2.59 bits per heavy atom. The molecule has 0 atom stereocenters. The molecule has 0 fully saturated rings. The van der Waals surface area contributed by atoms with Crippen molar-refractivity contribution in [2.75, 3.05) is 11.1 Å². The van der Waals surface area contributed by atoms with E-state index >= 15 is 0 Å². The molecule has 7 nitrogen and oxygen atoms in total. The van der Waals surface area contributed by atoms with Crippen molar-refractivity contribution in [3.05, 3.63) is 88.8 Å². The number of amides is 1. The molecule has 0 aliphatic rings. The maximum absolute atomic E-state index is 13.4. The molecule has 0 bridgehead atoms. The smallest absolute Gasteiger partial charge is 0.269 e. The van der Waals surface area contributed by atoms with E-state index in [9.17, 15) is 9.59 Å². The molecule has 0 saturated heterocycles. The Kier molecular flexibility index (Phi) is 5.90. The summed E-state index contributed by atoms with van der Waals surface area (Å²) in [5.41, 5.74) is 2.82. The Morgan fingerprint density at radius 1 is 1.03 bits per heavy atom. The molecule has 2 N–H and O–H groups in total. The molecular formula is C26H23N5O2S. The normalized spacial score (nSPS) is 11.4. The van der Waals surface area contributed by atoms with Crippen molar-refractivity contribution in [1.29, 1.82) is 0 Å². The number of rotatable bonds is 6. The van der Waals surface area contributed by atoms with Gasteiger partial charge in [-0.05, 0) is 35.1 Å². The molecule has 8 heteroatoms. The monoisotopic (exact) mass is 469 g/mol. The molecule has 34 heavy (non-hydrogen) atoms. The van der Waals surface area contributed by atoms with Crippen molar-refractivity contribution in [2.24, 2.45) is 0 Å². The van der Waals surface area contributed by atoms with Crippen LogP contribution in [0.1, 0.15) is 25.3 Å². The van der Waals surface area contributed by atoms with Gasteiger partial charge in [0.2, 0.25) is 5.91 Å². The van der Waals surface area contributed by atoms with Gasteiger partial charge in [-0.25, -0.2) is 4.98 Å². The van der Waals surface area contributed by atoms with Crippen LogP contribution in [0.15, 0.2) is 82.9 Å². The first-order valence-electron chi connectivity index (χ1n) is 11.0. The van der Waals surface area contributed by atoms with E-state index in [1.54, 1.807) is 4.57 Å². The van der Waals surface area contributed by atoms with Gasteiger partial charge in [-0.15, -0.1) is 0 Å². The number of fused-ring (bicyclic) bond motifs is 2. The Bertz CT molecular complexity index is 1550. The number of thioether (sulfide) groups is 1. The number of hydrogen-bond donors (Lipinski definition) is 2. The van der Waals surface area contributed by atoms with E-state index in [-0.39, 0.29) is 17.2 Å². The molecule has 0 spiro atoms. The molecule has 0 saturated carbocycles. The molecule has 5 aromatic rings. The van der Waals surface area contributed by atoms with Gasteiger partial charge < -0.3 is 5.32 Å². The van der Waals surface area contributed by atoms with Crippen LogP contribution >= 0.6 is 11.8 Å². The topological polar surface area (TPSA) is 92.7 Å². The van der Waals surface area contributed by atoms with Crippen LogP contribution in [0, 0.1) is 0 Å². The lowest BCUT2D eigenvalue weighted by Gasteiger charge is -2.14. The van der Waals surface area contributed by atoms with Crippen LogP contribution in [-0.2, 0) is 4.79 Å². The van der Waals surface area contributed by atoms with Gasteiger partial charge >= 0.3 is 0 Å². The highest BCUT2D eigenvalue weighted by atomic mass is 32.2. The fourth-order valence-electron chi connectivity index (χ4n) is 3.87. The van der Waals surface area contributed by atoms with E-state index in [1.807, 2.05) is 66.7 Å². The minimum absolute atomic E-state index is 0.1000. The highest BCUT2D eigenvalue weighted by molar-refractivity contribution is 7.99. The predicted octanol–water partition coefficient (Wildman–Crippen LogP) is 5.12. The Hall–Kier alpha value is -3.91. The summed E-state index contributed by atoms with van der Waals surface area (Å²) in [6.45, 7) is 4.26. The number of aromatic amines is 1. The summed E-state index contributed by atoms with van der Waals surface area (Å²) in [6, 6.07) is 21.5. The average Bonchev–Trinajstić information content (AvgIpc) is 3.32. The molecule has 170 valence electrons. The predicted molar refractivity (Wildman–Crippen MR) is 137 cm³/mol. The Labute approximate surface area is 200 Å². The maximum Gasteiger partial charge on any atom is 0.269 e. The average molecular weight is 470 g/mol. The van der Waals surface area contributed by atoms with Crippen LogP contribution < -0.4 is 10.9 Å². The number of nitrogens with zero attached hydrogens (tertiary/aromatic N) is 3. The number of benzene rings is 3.